The van der Waals surface area contributed by atoms with Crippen LogP contribution in [0.2, 0.25) is 5.02 Å². The van der Waals surface area contributed by atoms with Crippen molar-refractivity contribution in [1.29, 1.82) is 0 Å². The topological polar surface area (TPSA) is 83.8 Å². The highest BCUT2D eigenvalue weighted by Gasteiger charge is 2.11. The number of aromatic nitrogens is 3. The van der Waals surface area contributed by atoms with Crippen molar-refractivity contribution < 1.29 is 9.21 Å². The van der Waals surface area contributed by atoms with Gasteiger partial charge in [-0.3, -0.25) is 4.79 Å². The van der Waals surface area contributed by atoms with Crippen molar-refractivity contribution in [2.24, 2.45) is 0 Å². The van der Waals surface area contributed by atoms with Gasteiger partial charge >= 0.3 is 0 Å². The lowest BCUT2D eigenvalue weighted by atomic mass is 10.2. The summed E-state index contributed by atoms with van der Waals surface area (Å²) in [5.74, 6) is 1.73. The van der Waals surface area contributed by atoms with Gasteiger partial charge in [-0.05, 0) is 24.3 Å². The highest BCUT2D eigenvalue weighted by atomic mass is 35.5. The smallest absolute Gasteiger partial charge is 0.220 e. The van der Waals surface area contributed by atoms with Gasteiger partial charge in [0, 0.05) is 18.4 Å². The van der Waals surface area contributed by atoms with Crippen LogP contribution in [0.4, 0.5) is 0 Å². The first kappa shape index (κ1) is 17.3. The summed E-state index contributed by atoms with van der Waals surface area (Å²) in [4.78, 5) is 23.9. The number of nitrogens with zero attached hydrogens (tertiary/aromatic N) is 2. The first-order chi connectivity index (χ1) is 13.2. The number of benzene rings is 2. The van der Waals surface area contributed by atoms with Crippen molar-refractivity contribution in [3.05, 3.63) is 71.5 Å². The van der Waals surface area contributed by atoms with E-state index in [-0.39, 0.29) is 12.3 Å². The van der Waals surface area contributed by atoms with E-state index in [2.05, 4.69) is 20.3 Å². The number of H-pyrrole nitrogens is 1. The normalized spacial score (nSPS) is 11.0. The number of rotatable bonds is 6. The number of fused-ring (bicyclic) bond motifs is 1. The first-order valence-electron chi connectivity index (χ1n) is 8.59. The molecule has 1 amide bonds. The van der Waals surface area contributed by atoms with E-state index in [0.717, 1.165) is 22.4 Å². The molecule has 0 spiro atoms. The molecule has 0 saturated heterocycles. The van der Waals surface area contributed by atoms with Crippen molar-refractivity contribution >= 4 is 28.5 Å². The van der Waals surface area contributed by atoms with Gasteiger partial charge in [0.1, 0.15) is 5.82 Å². The molecule has 4 aromatic rings. The van der Waals surface area contributed by atoms with E-state index in [1.807, 2.05) is 42.5 Å². The molecular formula is C20H17ClN4O2. The zero-order valence-electron chi connectivity index (χ0n) is 14.4. The van der Waals surface area contributed by atoms with Crippen LogP contribution in [0, 0.1) is 0 Å². The van der Waals surface area contributed by atoms with Crippen LogP contribution in [0.15, 0.2) is 59.1 Å². The lowest BCUT2D eigenvalue weighted by Crippen LogP contribution is -2.23. The largest absolute Gasteiger partial charge is 0.441 e. The van der Waals surface area contributed by atoms with Gasteiger partial charge in [-0.25, -0.2) is 9.97 Å². The second kappa shape index (κ2) is 7.63. The molecule has 0 fully saturated rings. The second-order valence-electron chi connectivity index (χ2n) is 6.08. The number of hydrogen-bond donors (Lipinski definition) is 2. The molecule has 0 saturated carbocycles. The number of amides is 1. The van der Waals surface area contributed by atoms with Crippen molar-refractivity contribution in [3.8, 4) is 11.3 Å². The average Bonchev–Trinajstić information content (AvgIpc) is 3.31. The fraction of sp³-hybridized carbons (Fsp3) is 0.150. The van der Waals surface area contributed by atoms with Gasteiger partial charge in [0.15, 0.2) is 11.7 Å². The molecule has 0 radical (unpaired) electrons. The Morgan fingerprint density at radius 1 is 1.15 bits per heavy atom. The highest BCUT2D eigenvalue weighted by molar-refractivity contribution is 6.33. The van der Waals surface area contributed by atoms with E-state index in [4.69, 9.17) is 16.0 Å². The van der Waals surface area contributed by atoms with Crippen LogP contribution in [0.25, 0.3) is 22.4 Å². The Labute approximate surface area is 160 Å². The number of aryl methyl sites for hydroxylation is 1. The Balaban J connectivity index is 1.31. The molecule has 0 aliphatic carbocycles. The molecule has 2 heterocycles. The molecule has 0 unspecified atom stereocenters. The number of oxazole rings is 1. The Morgan fingerprint density at radius 3 is 2.81 bits per heavy atom. The molecule has 2 aromatic heterocycles. The minimum atomic E-state index is -0.0899. The van der Waals surface area contributed by atoms with Crippen LogP contribution in [0.5, 0.6) is 0 Å². The standard InChI is InChI=1S/C20H17ClN4O2/c21-14-6-2-1-5-13(14)17-11-23-20(27-17)10-9-19(26)22-12-18-24-15-7-3-4-8-16(15)25-18/h1-8,11H,9-10,12H2,(H,22,26)(H,24,25). The molecule has 0 atom stereocenters. The summed E-state index contributed by atoms with van der Waals surface area (Å²) in [7, 11) is 0. The molecule has 4 rings (SSSR count). The molecule has 0 bridgehead atoms. The van der Waals surface area contributed by atoms with Crippen LogP contribution in [-0.2, 0) is 17.8 Å². The third kappa shape index (κ3) is 4.01. The molecule has 2 N–H and O–H groups in total. The van der Waals surface area contributed by atoms with Crippen molar-refractivity contribution in [3.63, 3.8) is 0 Å². The molecule has 6 nitrogen and oxygen atoms in total. The number of imidazole rings is 1. The van der Waals surface area contributed by atoms with Crippen molar-refractivity contribution in [2.75, 3.05) is 0 Å². The third-order valence-electron chi connectivity index (χ3n) is 4.15. The Hall–Kier alpha value is -3.12. The van der Waals surface area contributed by atoms with Crippen molar-refractivity contribution in [2.45, 2.75) is 19.4 Å². The lowest BCUT2D eigenvalue weighted by molar-refractivity contribution is -0.121. The van der Waals surface area contributed by atoms with E-state index >= 15 is 0 Å². The molecule has 2 aromatic carbocycles. The Morgan fingerprint density at radius 2 is 1.96 bits per heavy atom. The van der Waals surface area contributed by atoms with E-state index in [0.29, 0.717) is 29.6 Å². The minimum absolute atomic E-state index is 0.0899. The van der Waals surface area contributed by atoms with Crippen LogP contribution >= 0.6 is 11.6 Å². The average molecular weight is 381 g/mol. The minimum Gasteiger partial charge on any atom is -0.441 e. The van der Waals surface area contributed by atoms with Gasteiger partial charge in [0.25, 0.3) is 0 Å². The molecule has 27 heavy (non-hydrogen) atoms. The number of hydrogen-bond acceptors (Lipinski definition) is 4. The maximum Gasteiger partial charge on any atom is 0.220 e. The highest BCUT2D eigenvalue weighted by Crippen LogP contribution is 2.28. The van der Waals surface area contributed by atoms with Gasteiger partial charge in [0.05, 0.1) is 28.8 Å². The van der Waals surface area contributed by atoms with Gasteiger partial charge in [-0.2, -0.15) is 0 Å². The van der Waals surface area contributed by atoms with E-state index in [9.17, 15) is 4.79 Å². The summed E-state index contributed by atoms with van der Waals surface area (Å²) in [6, 6.07) is 15.2. The van der Waals surface area contributed by atoms with Gasteiger partial charge in [-0.1, -0.05) is 35.9 Å². The quantitative estimate of drug-likeness (QED) is 0.527. The SMILES string of the molecule is O=C(CCc1ncc(-c2ccccc2Cl)o1)NCc1nc2ccccc2[nH]1. The number of aromatic amines is 1. The van der Waals surface area contributed by atoms with Gasteiger partial charge < -0.3 is 14.7 Å². The summed E-state index contributed by atoms with van der Waals surface area (Å²) in [5.41, 5.74) is 2.62. The van der Waals surface area contributed by atoms with Gasteiger partial charge in [-0.15, -0.1) is 0 Å². The number of para-hydroxylation sites is 2. The molecular weight excluding hydrogens is 364 g/mol. The van der Waals surface area contributed by atoms with Crippen LogP contribution in [0.3, 0.4) is 0 Å². The maximum absolute atomic E-state index is 12.1. The number of halogens is 1. The Kier molecular flexibility index (Phi) is 4.89. The summed E-state index contributed by atoms with van der Waals surface area (Å²) >= 11 is 6.16. The molecule has 7 heteroatoms. The number of carbonyl (C=O) groups is 1. The molecule has 0 aliphatic heterocycles. The van der Waals surface area contributed by atoms with E-state index < -0.39 is 0 Å². The maximum atomic E-state index is 12.1. The number of carbonyl (C=O) groups excluding carboxylic acids is 1. The monoisotopic (exact) mass is 380 g/mol. The van der Waals surface area contributed by atoms with E-state index in [1.54, 1.807) is 12.3 Å². The van der Waals surface area contributed by atoms with Crippen LogP contribution < -0.4 is 5.32 Å². The van der Waals surface area contributed by atoms with Crippen LogP contribution in [-0.4, -0.2) is 20.9 Å². The summed E-state index contributed by atoms with van der Waals surface area (Å²) in [6.45, 7) is 0.351. The predicted octanol–water partition coefficient (Wildman–Crippen LogP) is 4.12. The second-order valence-corrected chi connectivity index (χ2v) is 6.48. The summed E-state index contributed by atoms with van der Waals surface area (Å²) in [5, 5.41) is 3.46. The number of nitrogens with one attached hydrogen (secondary N) is 2. The fourth-order valence-electron chi connectivity index (χ4n) is 2.79. The zero-order valence-corrected chi connectivity index (χ0v) is 15.2. The molecule has 0 aliphatic rings. The summed E-state index contributed by atoms with van der Waals surface area (Å²) in [6.07, 6.45) is 2.32. The zero-order chi connectivity index (χ0) is 18.6. The molecule has 136 valence electrons. The van der Waals surface area contributed by atoms with Gasteiger partial charge in [0.2, 0.25) is 5.91 Å². The first-order valence-corrected chi connectivity index (χ1v) is 8.97. The van der Waals surface area contributed by atoms with Crippen molar-refractivity contribution in [1.82, 2.24) is 20.3 Å². The summed E-state index contributed by atoms with van der Waals surface area (Å²) < 4.78 is 5.71. The third-order valence-corrected chi connectivity index (χ3v) is 4.48. The fourth-order valence-corrected chi connectivity index (χ4v) is 3.02. The van der Waals surface area contributed by atoms with Crippen LogP contribution in [0.1, 0.15) is 18.1 Å². The Bertz CT molecular complexity index is 1050. The predicted molar refractivity (Wildman–Crippen MR) is 103 cm³/mol. The van der Waals surface area contributed by atoms with E-state index in [1.165, 1.54) is 0 Å². The lowest BCUT2D eigenvalue weighted by Gasteiger charge is -2.02.